The van der Waals surface area contributed by atoms with Crippen LogP contribution in [0, 0.1) is 5.82 Å². The van der Waals surface area contributed by atoms with E-state index in [1.807, 2.05) is 19.2 Å². The van der Waals surface area contributed by atoms with E-state index in [9.17, 15) is 5.11 Å². The highest BCUT2D eigenvalue weighted by atomic mass is 19.1. The van der Waals surface area contributed by atoms with E-state index in [0.717, 1.165) is 55.8 Å². The molecule has 0 radical (unpaired) electrons. The molecule has 1 fully saturated rings. The van der Waals surface area contributed by atoms with Crippen LogP contribution in [-0.4, -0.2) is 62.0 Å². The summed E-state index contributed by atoms with van der Waals surface area (Å²) in [5, 5.41) is 17.8. The lowest BCUT2D eigenvalue weighted by Crippen LogP contribution is -2.46. The highest BCUT2D eigenvalue weighted by Crippen LogP contribution is 2.35. The lowest BCUT2D eigenvalue weighted by molar-refractivity contribution is 0.0245. The predicted molar refractivity (Wildman–Crippen MR) is 143 cm³/mol. The van der Waals surface area contributed by atoms with Gasteiger partial charge in [0.2, 0.25) is 0 Å². The van der Waals surface area contributed by atoms with Crippen molar-refractivity contribution in [2.45, 2.75) is 51.6 Å². The summed E-state index contributed by atoms with van der Waals surface area (Å²) < 4.78 is 21.2. The van der Waals surface area contributed by atoms with E-state index in [1.165, 1.54) is 5.57 Å². The van der Waals surface area contributed by atoms with Gasteiger partial charge in [-0.2, -0.15) is 5.10 Å². The number of aromatic hydroxyl groups is 1. The van der Waals surface area contributed by atoms with E-state index >= 15 is 4.39 Å². The molecule has 192 valence electrons. The van der Waals surface area contributed by atoms with Crippen LogP contribution in [0.4, 0.5) is 4.39 Å². The minimum Gasteiger partial charge on any atom is -0.508 e. The monoisotopic (exact) mass is 501 g/mol. The standard InChI is InChI=1S/C29H32FN5O2/c1-3-18-14-21(36)6-7-22(18)23-8-9-24-27(26(23)30)33-34-28(24)29-31-15-25(32-29)19-5-4-17(2)35(16-19)20-10-12-37-13-11-20/h5-9,14-15,17,20,36H,3-4,10-13,16H2,1-2H3,(H,31,32)(H,33,34)/t17-/m0/s1. The molecular formula is C29H32FN5O2. The van der Waals surface area contributed by atoms with Gasteiger partial charge in [0.1, 0.15) is 17.0 Å². The number of aryl methyl sites for hydroxylation is 1. The second-order valence-electron chi connectivity index (χ2n) is 10.1. The van der Waals surface area contributed by atoms with Crippen LogP contribution in [0.1, 0.15) is 44.4 Å². The molecule has 37 heavy (non-hydrogen) atoms. The molecule has 2 aromatic carbocycles. The second-order valence-corrected chi connectivity index (χ2v) is 10.1. The van der Waals surface area contributed by atoms with Gasteiger partial charge in [-0.3, -0.25) is 10.00 Å². The Labute approximate surface area is 215 Å². The van der Waals surface area contributed by atoms with Crippen LogP contribution in [-0.2, 0) is 11.2 Å². The van der Waals surface area contributed by atoms with E-state index < -0.39 is 0 Å². The first-order valence-electron chi connectivity index (χ1n) is 13.1. The van der Waals surface area contributed by atoms with Gasteiger partial charge in [-0.15, -0.1) is 0 Å². The number of aromatic nitrogens is 4. The molecule has 1 saturated heterocycles. The van der Waals surface area contributed by atoms with Gasteiger partial charge in [-0.05, 0) is 67.5 Å². The molecule has 3 N–H and O–H groups in total. The zero-order valence-corrected chi connectivity index (χ0v) is 21.2. The summed E-state index contributed by atoms with van der Waals surface area (Å²) in [6.45, 7) is 6.82. The molecule has 0 bridgehead atoms. The van der Waals surface area contributed by atoms with Gasteiger partial charge in [0.25, 0.3) is 0 Å². The number of halogens is 1. The van der Waals surface area contributed by atoms with Crippen LogP contribution in [0.3, 0.4) is 0 Å². The lowest BCUT2D eigenvalue weighted by atomic mass is 9.96. The molecule has 4 heterocycles. The van der Waals surface area contributed by atoms with E-state index in [4.69, 9.17) is 4.74 Å². The summed E-state index contributed by atoms with van der Waals surface area (Å²) in [5.41, 5.74) is 5.27. The summed E-state index contributed by atoms with van der Waals surface area (Å²) >= 11 is 0. The third-order valence-corrected chi connectivity index (χ3v) is 7.87. The van der Waals surface area contributed by atoms with Crippen molar-refractivity contribution in [1.82, 2.24) is 25.1 Å². The number of hydrogen-bond acceptors (Lipinski definition) is 5. The molecule has 7 nitrogen and oxygen atoms in total. The SMILES string of the molecule is CCc1cc(O)ccc1-c1ccc2c(-c3ncc(C4=CC[C@H](C)N(C5CCOCC5)C4)[nH]3)[nH]nc2c1F. The molecular weight excluding hydrogens is 469 g/mol. The van der Waals surface area contributed by atoms with Crippen molar-refractivity contribution >= 4 is 16.5 Å². The molecule has 8 heteroatoms. The quantitative estimate of drug-likeness (QED) is 0.327. The maximum Gasteiger partial charge on any atom is 0.159 e. The molecule has 0 amide bonds. The average Bonchev–Trinajstić information content (AvgIpc) is 3.58. The normalized spacial score (nSPS) is 19.4. The van der Waals surface area contributed by atoms with Crippen molar-refractivity contribution in [3.8, 4) is 28.4 Å². The molecule has 0 aliphatic carbocycles. The molecule has 2 aliphatic heterocycles. The van der Waals surface area contributed by atoms with Gasteiger partial charge in [-0.1, -0.05) is 25.1 Å². The molecule has 0 unspecified atom stereocenters. The molecule has 4 aromatic rings. The third kappa shape index (κ3) is 4.34. The topological polar surface area (TPSA) is 90.1 Å². The number of benzene rings is 2. The van der Waals surface area contributed by atoms with E-state index in [2.05, 4.69) is 38.1 Å². The van der Waals surface area contributed by atoms with Gasteiger partial charge >= 0.3 is 0 Å². The Morgan fingerprint density at radius 1 is 1.16 bits per heavy atom. The Morgan fingerprint density at radius 2 is 1.97 bits per heavy atom. The number of ether oxygens (including phenoxy) is 1. The number of hydrogen-bond donors (Lipinski definition) is 3. The highest BCUT2D eigenvalue weighted by Gasteiger charge is 2.29. The molecule has 0 spiro atoms. The van der Waals surface area contributed by atoms with Crippen molar-refractivity contribution in [2.24, 2.45) is 0 Å². The van der Waals surface area contributed by atoms with Crippen LogP contribution < -0.4 is 0 Å². The van der Waals surface area contributed by atoms with E-state index in [1.54, 1.807) is 24.3 Å². The van der Waals surface area contributed by atoms with E-state index in [0.29, 0.717) is 41.0 Å². The lowest BCUT2D eigenvalue weighted by Gasteiger charge is -2.41. The zero-order valence-electron chi connectivity index (χ0n) is 21.2. The minimum atomic E-state index is -0.386. The van der Waals surface area contributed by atoms with Crippen LogP contribution >= 0.6 is 0 Å². The highest BCUT2D eigenvalue weighted by molar-refractivity contribution is 5.95. The molecule has 6 rings (SSSR count). The number of aromatic amines is 2. The summed E-state index contributed by atoms with van der Waals surface area (Å²) in [4.78, 5) is 10.7. The predicted octanol–water partition coefficient (Wildman–Crippen LogP) is 5.68. The number of nitrogens with zero attached hydrogens (tertiary/aromatic N) is 3. The van der Waals surface area contributed by atoms with Crippen LogP contribution in [0.25, 0.3) is 39.1 Å². The number of imidazole rings is 1. The smallest absolute Gasteiger partial charge is 0.159 e. The Morgan fingerprint density at radius 3 is 2.78 bits per heavy atom. The van der Waals surface area contributed by atoms with Crippen LogP contribution in [0.15, 0.2) is 42.6 Å². The summed E-state index contributed by atoms with van der Waals surface area (Å²) in [7, 11) is 0. The van der Waals surface area contributed by atoms with Crippen LogP contribution in [0.5, 0.6) is 5.75 Å². The van der Waals surface area contributed by atoms with Gasteiger partial charge in [0.05, 0.1) is 11.9 Å². The Balaban J connectivity index is 1.30. The van der Waals surface area contributed by atoms with Gasteiger partial charge in [0.15, 0.2) is 11.6 Å². The fraction of sp³-hybridized carbons (Fsp3) is 0.379. The molecule has 1 atom stereocenters. The first kappa shape index (κ1) is 23.9. The third-order valence-electron chi connectivity index (χ3n) is 7.87. The van der Waals surface area contributed by atoms with E-state index in [-0.39, 0.29) is 17.1 Å². The van der Waals surface area contributed by atoms with Gasteiger partial charge < -0.3 is 14.8 Å². The van der Waals surface area contributed by atoms with Crippen molar-refractivity contribution < 1.29 is 14.2 Å². The Hall–Kier alpha value is -3.49. The fourth-order valence-corrected chi connectivity index (χ4v) is 5.75. The Kier molecular flexibility index (Phi) is 6.30. The number of rotatable bonds is 5. The largest absolute Gasteiger partial charge is 0.508 e. The number of H-pyrrole nitrogens is 2. The molecule has 2 aromatic heterocycles. The Bertz CT molecular complexity index is 1470. The van der Waals surface area contributed by atoms with Crippen molar-refractivity contribution in [3.63, 3.8) is 0 Å². The van der Waals surface area contributed by atoms with Crippen LogP contribution in [0.2, 0.25) is 0 Å². The van der Waals surface area contributed by atoms with Crippen molar-refractivity contribution in [3.05, 3.63) is 59.7 Å². The molecule has 0 saturated carbocycles. The summed E-state index contributed by atoms with van der Waals surface area (Å²) in [5.74, 6) is 0.431. The first-order chi connectivity index (χ1) is 18.0. The number of nitrogens with one attached hydrogen (secondary N) is 2. The summed E-state index contributed by atoms with van der Waals surface area (Å²) in [6, 6.07) is 9.74. The molecule has 2 aliphatic rings. The number of fused-ring (bicyclic) bond motifs is 1. The van der Waals surface area contributed by atoms with Gasteiger partial charge in [0, 0.05) is 42.8 Å². The zero-order chi connectivity index (χ0) is 25.5. The summed E-state index contributed by atoms with van der Waals surface area (Å²) in [6.07, 6.45) is 7.99. The number of phenols is 1. The maximum absolute atomic E-state index is 15.7. The fourth-order valence-electron chi connectivity index (χ4n) is 5.75. The minimum absolute atomic E-state index is 0.177. The van der Waals surface area contributed by atoms with Crippen molar-refractivity contribution in [1.29, 1.82) is 0 Å². The maximum atomic E-state index is 15.7. The second kappa shape index (κ2) is 9.76. The van der Waals surface area contributed by atoms with Crippen molar-refractivity contribution in [2.75, 3.05) is 19.8 Å². The number of phenolic OH excluding ortho intramolecular Hbond substituents is 1. The first-order valence-corrected chi connectivity index (χ1v) is 13.1. The van der Waals surface area contributed by atoms with Gasteiger partial charge in [-0.25, -0.2) is 9.37 Å². The average molecular weight is 502 g/mol.